The molecule has 4 rings (SSSR count). The molecular formula is C24H23ClN2O3S. The summed E-state index contributed by atoms with van der Waals surface area (Å²) in [5.41, 5.74) is 1.75. The summed E-state index contributed by atoms with van der Waals surface area (Å²) in [5.74, 6) is -0.414. The maximum Gasteiger partial charge on any atom is 0.252 e. The second-order valence-electron chi connectivity index (χ2n) is 7.25. The SMILES string of the molecule is O=C(NCC(c1ccccc1Cl)N1CCOCC1)c1ccccc1C(=O)c1cccs1. The van der Waals surface area contributed by atoms with E-state index in [1.54, 1.807) is 30.3 Å². The third-order valence-corrected chi connectivity index (χ3v) is 6.58. The van der Waals surface area contributed by atoms with E-state index < -0.39 is 0 Å². The molecule has 7 heteroatoms. The Morgan fingerprint density at radius 3 is 2.42 bits per heavy atom. The quantitative estimate of drug-likeness (QED) is 0.536. The smallest absolute Gasteiger partial charge is 0.252 e. The first-order chi connectivity index (χ1) is 15.1. The van der Waals surface area contributed by atoms with Gasteiger partial charge in [0.1, 0.15) is 0 Å². The predicted octanol–water partition coefficient (Wildman–Crippen LogP) is 4.44. The molecule has 31 heavy (non-hydrogen) atoms. The number of thiophene rings is 1. The molecule has 1 unspecified atom stereocenters. The van der Waals surface area contributed by atoms with Crippen molar-refractivity contribution in [3.63, 3.8) is 0 Å². The van der Waals surface area contributed by atoms with Crippen LogP contribution in [0.1, 0.15) is 37.2 Å². The first kappa shape index (κ1) is 21.7. The van der Waals surface area contributed by atoms with Crippen molar-refractivity contribution >= 4 is 34.6 Å². The van der Waals surface area contributed by atoms with Gasteiger partial charge in [-0.05, 0) is 29.1 Å². The molecule has 1 saturated heterocycles. The molecule has 3 aromatic rings. The number of ketones is 1. The number of hydrogen-bond acceptors (Lipinski definition) is 5. The Morgan fingerprint density at radius 2 is 1.71 bits per heavy atom. The molecule has 0 bridgehead atoms. The van der Waals surface area contributed by atoms with Crippen LogP contribution in [-0.4, -0.2) is 49.4 Å². The Hall–Kier alpha value is -2.51. The Labute approximate surface area is 190 Å². The number of ether oxygens (including phenoxy) is 1. The molecule has 1 aliphatic heterocycles. The predicted molar refractivity (Wildman–Crippen MR) is 123 cm³/mol. The molecule has 1 amide bonds. The third kappa shape index (κ3) is 5.05. The number of rotatable bonds is 7. The van der Waals surface area contributed by atoms with Crippen molar-refractivity contribution < 1.29 is 14.3 Å². The number of carbonyl (C=O) groups is 2. The highest BCUT2D eigenvalue weighted by Gasteiger charge is 2.26. The van der Waals surface area contributed by atoms with Gasteiger partial charge < -0.3 is 10.1 Å². The molecule has 0 aliphatic carbocycles. The fourth-order valence-electron chi connectivity index (χ4n) is 3.77. The van der Waals surface area contributed by atoms with Gasteiger partial charge in [-0.3, -0.25) is 14.5 Å². The zero-order chi connectivity index (χ0) is 21.6. The molecule has 1 fully saturated rings. The average Bonchev–Trinajstić information content (AvgIpc) is 3.35. The van der Waals surface area contributed by atoms with Crippen LogP contribution < -0.4 is 5.32 Å². The summed E-state index contributed by atoms with van der Waals surface area (Å²) in [7, 11) is 0. The fraction of sp³-hybridized carbons (Fsp3) is 0.250. The molecule has 0 spiro atoms. The second kappa shape index (κ2) is 10.2. The molecule has 1 N–H and O–H groups in total. The van der Waals surface area contributed by atoms with Gasteiger partial charge in [-0.25, -0.2) is 0 Å². The zero-order valence-corrected chi connectivity index (χ0v) is 18.5. The standard InChI is InChI=1S/C24H23ClN2O3S/c25-20-9-4-3-8-19(20)21(27-11-13-30-14-12-27)16-26-24(29)18-7-2-1-6-17(18)23(28)22-10-5-15-31-22/h1-10,15,21H,11-14,16H2,(H,26,29). The molecule has 1 aromatic heterocycles. The van der Waals surface area contributed by atoms with Crippen molar-refractivity contribution in [1.29, 1.82) is 0 Å². The molecule has 2 aromatic carbocycles. The molecule has 5 nitrogen and oxygen atoms in total. The van der Waals surface area contributed by atoms with Crippen molar-refractivity contribution in [2.75, 3.05) is 32.8 Å². The van der Waals surface area contributed by atoms with Gasteiger partial charge in [0.15, 0.2) is 0 Å². The van der Waals surface area contributed by atoms with Crippen molar-refractivity contribution in [3.8, 4) is 0 Å². The second-order valence-corrected chi connectivity index (χ2v) is 8.60. The minimum Gasteiger partial charge on any atom is -0.379 e. The maximum atomic E-state index is 13.1. The van der Waals surface area contributed by atoms with Crippen LogP contribution in [0.5, 0.6) is 0 Å². The van der Waals surface area contributed by atoms with E-state index in [1.165, 1.54) is 11.3 Å². The van der Waals surface area contributed by atoms with Crippen molar-refractivity contribution in [3.05, 3.63) is 92.6 Å². The molecule has 0 radical (unpaired) electrons. The summed E-state index contributed by atoms with van der Waals surface area (Å²) < 4.78 is 5.49. The van der Waals surface area contributed by atoms with E-state index in [4.69, 9.17) is 16.3 Å². The van der Waals surface area contributed by atoms with Gasteiger partial charge in [-0.15, -0.1) is 11.3 Å². The van der Waals surface area contributed by atoms with Gasteiger partial charge in [0, 0.05) is 30.2 Å². The lowest BCUT2D eigenvalue weighted by molar-refractivity contribution is 0.0162. The number of carbonyl (C=O) groups excluding carboxylic acids is 2. The first-order valence-corrected chi connectivity index (χ1v) is 11.4. The summed E-state index contributed by atoms with van der Waals surface area (Å²) in [6.07, 6.45) is 0. The molecular weight excluding hydrogens is 432 g/mol. The minimum absolute atomic E-state index is 0.0818. The lowest BCUT2D eigenvalue weighted by Gasteiger charge is -2.35. The highest BCUT2D eigenvalue weighted by Crippen LogP contribution is 2.28. The van der Waals surface area contributed by atoms with E-state index in [0.29, 0.717) is 40.8 Å². The molecule has 0 saturated carbocycles. The van der Waals surface area contributed by atoms with E-state index in [9.17, 15) is 9.59 Å². The molecule has 1 atom stereocenters. The Balaban J connectivity index is 1.55. The van der Waals surface area contributed by atoms with Crippen molar-refractivity contribution in [2.45, 2.75) is 6.04 Å². The van der Waals surface area contributed by atoms with Crippen LogP contribution in [0.4, 0.5) is 0 Å². The first-order valence-electron chi connectivity index (χ1n) is 10.2. The van der Waals surface area contributed by atoms with Gasteiger partial charge in [-0.1, -0.05) is 54.1 Å². The zero-order valence-electron chi connectivity index (χ0n) is 16.9. The number of halogens is 1. The van der Waals surface area contributed by atoms with E-state index in [0.717, 1.165) is 18.7 Å². The van der Waals surface area contributed by atoms with Gasteiger partial charge in [0.25, 0.3) is 5.91 Å². The monoisotopic (exact) mass is 454 g/mol. The van der Waals surface area contributed by atoms with Gasteiger partial charge in [-0.2, -0.15) is 0 Å². The lowest BCUT2D eigenvalue weighted by Crippen LogP contribution is -2.44. The van der Waals surface area contributed by atoms with Gasteiger partial charge in [0.05, 0.1) is 29.7 Å². The van der Waals surface area contributed by atoms with Gasteiger partial charge >= 0.3 is 0 Å². The average molecular weight is 455 g/mol. The van der Waals surface area contributed by atoms with Crippen LogP contribution in [0.15, 0.2) is 66.0 Å². The van der Waals surface area contributed by atoms with E-state index in [-0.39, 0.29) is 17.7 Å². The number of nitrogens with one attached hydrogen (secondary N) is 1. The summed E-state index contributed by atoms with van der Waals surface area (Å²) in [5, 5.41) is 5.56. The lowest BCUT2D eigenvalue weighted by atomic mass is 10.0. The van der Waals surface area contributed by atoms with Crippen LogP contribution in [-0.2, 0) is 4.74 Å². The normalized spacial score (nSPS) is 15.4. The molecule has 2 heterocycles. The van der Waals surface area contributed by atoms with Gasteiger partial charge in [0.2, 0.25) is 5.78 Å². The van der Waals surface area contributed by atoms with Crippen molar-refractivity contribution in [2.24, 2.45) is 0 Å². The highest BCUT2D eigenvalue weighted by atomic mass is 35.5. The Morgan fingerprint density at radius 1 is 1.00 bits per heavy atom. The largest absolute Gasteiger partial charge is 0.379 e. The molecule has 160 valence electrons. The summed E-state index contributed by atoms with van der Waals surface area (Å²) in [6, 6.07) is 18.2. The van der Waals surface area contributed by atoms with Crippen molar-refractivity contribution in [1.82, 2.24) is 10.2 Å². The van der Waals surface area contributed by atoms with Crippen LogP contribution >= 0.6 is 22.9 Å². The van der Waals surface area contributed by atoms with Crippen LogP contribution in [0, 0.1) is 0 Å². The Kier molecular flexibility index (Phi) is 7.14. The van der Waals surface area contributed by atoms with E-state index in [2.05, 4.69) is 10.2 Å². The maximum absolute atomic E-state index is 13.1. The topological polar surface area (TPSA) is 58.6 Å². The summed E-state index contributed by atoms with van der Waals surface area (Å²) in [4.78, 5) is 28.9. The number of morpholine rings is 1. The minimum atomic E-state index is -0.272. The number of amides is 1. The fourth-order valence-corrected chi connectivity index (χ4v) is 4.71. The number of nitrogens with zero attached hydrogens (tertiary/aromatic N) is 1. The van der Waals surface area contributed by atoms with E-state index >= 15 is 0 Å². The number of hydrogen-bond donors (Lipinski definition) is 1. The third-order valence-electron chi connectivity index (χ3n) is 5.37. The number of benzene rings is 2. The van der Waals surface area contributed by atoms with Crippen LogP contribution in [0.3, 0.4) is 0 Å². The summed E-state index contributed by atoms with van der Waals surface area (Å²) >= 11 is 7.85. The van der Waals surface area contributed by atoms with Crippen LogP contribution in [0.2, 0.25) is 5.02 Å². The van der Waals surface area contributed by atoms with E-state index in [1.807, 2.05) is 35.7 Å². The van der Waals surface area contributed by atoms with Crippen LogP contribution in [0.25, 0.3) is 0 Å². The molecule has 1 aliphatic rings. The Bertz CT molecular complexity index is 1050. The highest BCUT2D eigenvalue weighted by molar-refractivity contribution is 7.12. The summed E-state index contributed by atoms with van der Waals surface area (Å²) in [6.45, 7) is 3.20.